The summed E-state index contributed by atoms with van der Waals surface area (Å²) in [6.45, 7) is 10.2. The van der Waals surface area contributed by atoms with E-state index in [-0.39, 0.29) is 24.0 Å². The van der Waals surface area contributed by atoms with Gasteiger partial charge in [0.15, 0.2) is 5.96 Å². The van der Waals surface area contributed by atoms with E-state index < -0.39 is 5.91 Å². The number of amides is 1. The van der Waals surface area contributed by atoms with Gasteiger partial charge in [-0.25, -0.2) is 4.99 Å². The van der Waals surface area contributed by atoms with Gasteiger partial charge in [0, 0.05) is 37.4 Å². The minimum absolute atomic E-state index is 0. The Kier molecular flexibility index (Phi) is 11.1. The number of hydrogen-bond donors (Lipinski definition) is 3. The van der Waals surface area contributed by atoms with Crippen molar-refractivity contribution in [3.05, 3.63) is 65.2 Å². The maximum absolute atomic E-state index is 11.3. The summed E-state index contributed by atoms with van der Waals surface area (Å²) in [6, 6.07) is 15.8. The second-order valence-corrected chi connectivity index (χ2v) is 6.61. The summed E-state index contributed by atoms with van der Waals surface area (Å²) in [7, 11) is 0. The molecule has 4 N–H and O–H groups in total. The topological polar surface area (TPSA) is 82.7 Å². The number of carbonyl (C=O) groups excluding carboxylic acids is 1. The van der Waals surface area contributed by atoms with Crippen LogP contribution in [-0.2, 0) is 6.54 Å². The summed E-state index contributed by atoms with van der Waals surface area (Å²) in [6.07, 6.45) is 0. The summed E-state index contributed by atoms with van der Waals surface area (Å²) in [5, 5.41) is 6.64. The zero-order valence-corrected chi connectivity index (χ0v) is 19.8. The molecular formula is C22H32IN5O. The van der Waals surface area contributed by atoms with Crippen molar-refractivity contribution < 1.29 is 4.79 Å². The SMILES string of the molecule is CCNC(=NCc1cccc(C(N)=O)c1)NCCN(CC)c1cccc(C)c1.I. The number of hydrogen-bond acceptors (Lipinski definition) is 3. The van der Waals surface area contributed by atoms with Gasteiger partial charge in [0.05, 0.1) is 6.54 Å². The number of nitrogens with two attached hydrogens (primary N) is 1. The maximum atomic E-state index is 11.3. The van der Waals surface area contributed by atoms with Crippen LogP contribution in [0.4, 0.5) is 5.69 Å². The van der Waals surface area contributed by atoms with Gasteiger partial charge < -0.3 is 21.3 Å². The molecule has 0 heterocycles. The molecule has 6 nitrogen and oxygen atoms in total. The lowest BCUT2D eigenvalue weighted by molar-refractivity contribution is 0.1000. The molecule has 0 aromatic heterocycles. The van der Waals surface area contributed by atoms with Crippen molar-refractivity contribution in [2.45, 2.75) is 27.3 Å². The van der Waals surface area contributed by atoms with E-state index in [4.69, 9.17) is 5.73 Å². The van der Waals surface area contributed by atoms with Gasteiger partial charge in [0.2, 0.25) is 5.91 Å². The Morgan fingerprint density at radius 1 is 1.10 bits per heavy atom. The highest BCUT2D eigenvalue weighted by molar-refractivity contribution is 14.0. The van der Waals surface area contributed by atoms with E-state index in [0.29, 0.717) is 12.1 Å². The molecule has 2 aromatic rings. The molecule has 0 saturated heterocycles. The van der Waals surface area contributed by atoms with Gasteiger partial charge in [0.25, 0.3) is 0 Å². The lowest BCUT2D eigenvalue weighted by Gasteiger charge is -2.24. The van der Waals surface area contributed by atoms with Crippen LogP contribution in [0.25, 0.3) is 0 Å². The number of halogens is 1. The molecule has 0 bridgehead atoms. The van der Waals surface area contributed by atoms with Crippen molar-refractivity contribution in [1.82, 2.24) is 10.6 Å². The van der Waals surface area contributed by atoms with Gasteiger partial charge in [-0.2, -0.15) is 0 Å². The molecule has 0 aliphatic carbocycles. The fourth-order valence-electron chi connectivity index (χ4n) is 2.94. The van der Waals surface area contributed by atoms with Crippen LogP contribution in [0, 0.1) is 6.92 Å². The zero-order valence-electron chi connectivity index (χ0n) is 17.4. The third-order valence-corrected chi connectivity index (χ3v) is 4.40. The van der Waals surface area contributed by atoms with Crippen LogP contribution in [-0.4, -0.2) is 38.0 Å². The van der Waals surface area contributed by atoms with Gasteiger partial charge >= 0.3 is 0 Å². The molecule has 158 valence electrons. The summed E-state index contributed by atoms with van der Waals surface area (Å²) < 4.78 is 0. The lowest BCUT2D eigenvalue weighted by Crippen LogP contribution is -2.41. The number of primary amides is 1. The predicted molar refractivity (Wildman–Crippen MR) is 132 cm³/mol. The van der Waals surface area contributed by atoms with E-state index in [2.05, 4.69) is 58.6 Å². The van der Waals surface area contributed by atoms with E-state index >= 15 is 0 Å². The fourth-order valence-corrected chi connectivity index (χ4v) is 2.94. The number of aliphatic imine (C=N–C) groups is 1. The quantitative estimate of drug-likeness (QED) is 0.275. The number of guanidine groups is 1. The maximum Gasteiger partial charge on any atom is 0.248 e. The fraction of sp³-hybridized carbons (Fsp3) is 0.364. The summed E-state index contributed by atoms with van der Waals surface area (Å²) in [5.74, 6) is 0.332. The highest BCUT2D eigenvalue weighted by Crippen LogP contribution is 2.15. The molecule has 0 saturated carbocycles. The number of nitrogens with zero attached hydrogens (tertiary/aromatic N) is 2. The Hall–Kier alpha value is -2.29. The number of likely N-dealkylation sites (N-methyl/N-ethyl adjacent to an activating group) is 1. The number of aryl methyl sites for hydroxylation is 1. The number of anilines is 1. The highest BCUT2D eigenvalue weighted by atomic mass is 127. The molecule has 1 amide bonds. The minimum atomic E-state index is -0.424. The first-order valence-electron chi connectivity index (χ1n) is 9.76. The number of benzene rings is 2. The van der Waals surface area contributed by atoms with Crippen molar-refractivity contribution in [2.24, 2.45) is 10.7 Å². The van der Waals surface area contributed by atoms with Crippen molar-refractivity contribution >= 4 is 41.5 Å². The smallest absolute Gasteiger partial charge is 0.248 e. The molecule has 0 radical (unpaired) electrons. The van der Waals surface area contributed by atoms with Gasteiger partial charge in [-0.05, 0) is 56.2 Å². The summed E-state index contributed by atoms with van der Waals surface area (Å²) >= 11 is 0. The Labute approximate surface area is 191 Å². The van der Waals surface area contributed by atoms with Crippen LogP contribution in [0.3, 0.4) is 0 Å². The standard InChI is InChI=1S/C22H31N5O.HI/c1-4-24-22(26-16-18-9-7-10-19(15-18)21(23)28)25-12-13-27(5-2)20-11-6-8-17(3)14-20;/h6-11,14-15H,4-5,12-13,16H2,1-3H3,(H2,23,28)(H2,24,25,26);1H. The molecule has 2 aromatic carbocycles. The van der Waals surface area contributed by atoms with E-state index in [0.717, 1.165) is 37.7 Å². The van der Waals surface area contributed by atoms with Gasteiger partial charge in [-0.15, -0.1) is 24.0 Å². The second-order valence-electron chi connectivity index (χ2n) is 6.61. The van der Waals surface area contributed by atoms with Crippen LogP contribution in [0.2, 0.25) is 0 Å². The third-order valence-electron chi connectivity index (χ3n) is 4.40. The molecule has 0 fully saturated rings. The molecule has 2 rings (SSSR count). The lowest BCUT2D eigenvalue weighted by atomic mass is 10.1. The van der Waals surface area contributed by atoms with Gasteiger partial charge in [0.1, 0.15) is 0 Å². The molecule has 0 aliphatic rings. The van der Waals surface area contributed by atoms with E-state index in [1.165, 1.54) is 11.3 Å². The zero-order chi connectivity index (χ0) is 20.4. The van der Waals surface area contributed by atoms with E-state index in [1.807, 2.05) is 19.1 Å². The van der Waals surface area contributed by atoms with E-state index in [1.54, 1.807) is 12.1 Å². The molecule has 0 spiro atoms. The van der Waals surface area contributed by atoms with Crippen LogP contribution in [0.5, 0.6) is 0 Å². The van der Waals surface area contributed by atoms with Crippen molar-refractivity contribution in [3.63, 3.8) is 0 Å². The Morgan fingerprint density at radius 3 is 2.52 bits per heavy atom. The van der Waals surface area contributed by atoms with Crippen LogP contribution >= 0.6 is 24.0 Å². The number of nitrogens with one attached hydrogen (secondary N) is 2. The van der Waals surface area contributed by atoms with Crippen LogP contribution in [0.15, 0.2) is 53.5 Å². The Bertz CT molecular complexity index is 809. The van der Waals surface area contributed by atoms with E-state index in [9.17, 15) is 4.79 Å². The highest BCUT2D eigenvalue weighted by Gasteiger charge is 2.05. The Balaban J connectivity index is 0.00000420. The van der Waals surface area contributed by atoms with Crippen molar-refractivity contribution in [2.75, 3.05) is 31.1 Å². The van der Waals surface area contributed by atoms with Crippen LogP contribution < -0.4 is 21.3 Å². The predicted octanol–water partition coefficient (Wildman–Crippen LogP) is 3.29. The van der Waals surface area contributed by atoms with Gasteiger partial charge in [-0.1, -0.05) is 24.3 Å². The van der Waals surface area contributed by atoms with Crippen molar-refractivity contribution in [1.29, 1.82) is 0 Å². The molecule has 0 unspecified atom stereocenters. The van der Waals surface area contributed by atoms with Crippen molar-refractivity contribution in [3.8, 4) is 0 Å². The average Bonchev–Trinajstić information content (AvgIpc) is 2.69. The van der Waals surface area contributed by atoms with Crippen LogP contribution in [0.1, 0.15) is 35.3 Å². The number of rotatable bonds is 9. The molecule has 7 heteroatoms. The Morgan fingerprint density at radius 2 is 1.86 bits per heavy atom. The molecule has 0 atom stereocenters. The first-order chi connectivity index (χ1) is 13.5. The second kappa shape index (κ2) is 13.0. The number of carbonyl (C=O) groups is 1. The normalized spacial score (nSPS) is 10.8. The summed E-state index contributed by atoms with van der Waals surface area (Å²) in [4.78, 5) is 18.3. The van der Waals surface area contributed by atoms with Gasteiger partial charge in [-0.3, -0.25) is 4.79 Å². The first kappa shape index (κ1) is 24.7. The molecule has 0 aliphatic heterocycles. The minimum Gasteiger partial charge on any atom is -0.370 e. The largest absolute Gasteiger partial charge is 0.370 e. The monoisotopic (exact) mass is 509 g/mol. The summed E-state index contributed by atoms with van der Waals surface area (Å²) in [5.41, 5.74) is 9.29. The average molecular weight is 509 g/mol. The third kappa shape index (κ3) is 8.31. The first-order valence-corrected chi connectivity index (χ1v) is 9.76. The molecular weight excluding hydrogens is 477 g/mol. The molecule has 29 heavy (non-hydrogen) atoms.